The van der Waals surface area contributed by atoms with Gasteiger partial charge in [-0.15, -0.1) is 0 Å². The molecule has 1 aromatic rings. The summed E-state index contributed by atoms with van der Waals surface area (Å²) in [6.07, 6.45) is 17.2. The lowest BCUT2D eigenvalue weighted by molar-refractivity contribution is -0.903. The molecule has 1 aromatic carbocycles. The maximum absolute atomic E-state index is 2.38. The molecule has 0 amide bonds. The standard InChI is InChI=1S/C26H48N.ClH/c1-6-7-8-9-10-11-12-13-14-15-16-17-22-27(4,5)23-25-18-20-26(21-19-25)24(2)3;/h18-21,24H,6-17,22-23H2,1-5H3;1H/q+1;/p-1. The number of benzene rings is 1. The van der Waals surface area contributed by atoms with Gasteiger partial charge in [-0.1, -0.05) is 109 Å². The van der Waals surface area contributed by atoms with Crippen LogP contribution in [-0.4, -0.2) is 25.1 Å². The maximum Gasteiger partial charge on any atom is 0.104 e. The molecule has 1 rings (SSSR count). The van der Waals surface area contributed by atoms with Crippen LogP contribution < -0.4 is 12.4 Å². The molecule has 2 heteroatoms. The quantitative estimate of drug-likeness (QED) is 0.263. The fourth-order valence-electron chi connectivity index (χ4n) is 3.96. The Hall–Kier alpha value is -0.530. The van der Waals surface area contributed by atoms with Crippen LogP contribution in [0.15, 0.2) is 24.3 Å². The fourth-order valence-corrected chi connectivity index (χ4v) is 3.96. The van der Waals surface area contributed by atoms with Crippen molar-refractivity contribution in [3.05, 3.63) is 35.4 Å². The molecule has 0 radical (unpaired) electrons. The first kappa shape index (κ1) is 27.5. The Morgan fingerprint density at radius 1 is 0.679 bits per heavy atom. The normalized spacial score (nSPS) is 11.6. The van der Waals surface area contributed by atoms with Gasteiger partial charge in [-0.25, -0.2) is 0 Å². The second-order valence-corrected chi connectivity index (χ2v) is 9.60. The van der Waals surface area contributed by atoms with Crippen LogP contribution in [0.5, 0.6) is 0 Å². The lowest BCUT2D eigenvalue weighted by Gasteiger charge is -2.30. The Kier molecular flexibility index (Phi) is 16.0. The van der Waals surface area contributed by atoms with Gasteiger partial charge < -0.3 is 16.9 Å². The predicted molar refractivity (Wildman–Crippen MR) is 122 cm³/mol. The van der Waals surface area contributed by atoms with Crippen LogP contribution in [-0.2, 0) is 6.54 Å². The van der Waals surface area contributed by atoms with Gasteiger partial charge in [0.05, 0.1) is 20.6 Å². The smallest absolute Gasteiger partial charge is 0.104 e. The number of quaternary nitrogens is 1. The highest BCUT2D eigenvalue weighted by molar-refractivity contribution is 5.24. The van der Waals surface area contributed by atoms with E-state index in [0.29, 0.717) is 5.92 Å². The Bertz CT molecular complexity index is 464. The van der Waals surface area contributed by atoms with Crippen LogP contribution in [0.2, 0.25) is 0 Å². The average Bonchev–Trinajstić information content (AvgIpc) is 2.62. The summed E-state index contributed by atoms with van der Waals surface area (Å²) in [5.41, 5.74) is 2.92. The number of hydrogen-bond acceptors (Lipinski definition) is 0. The maximum atomic E-state index is 2.38. The molecule has 28 heavy (non-hydrogen) atoms. The molecule has 0 saturated carbocycles. The third-order valence-corrected chi connectivity index (χ3v) is 5.87. The van der Waals surface area contributed by atoms with Gasteiger partial charge in [0.1, 0.15) is 6.54 Å². The predicted octanol–water partition coefficient (Wildman–Crippen LogP) is 5.09. The molecule has 0 aliphatic rings. The Morgan fingerprint density at radius 3 is 1.54 bits per heavy atom. The number of hydrogen-bond donors (Lipinski definition) is 0. The lowest BCUT2D eigenvalue weighted by atomic mass is 10.0. The molecule has 0 atom stereocenters. The zero-order valence-corrected chi connectivity index (χ0v) is 20.4. The first-order valence-electron chi connectivity index (χ1n) is 11.9. The van der Waals surface area contributed by atoms with E-state index in [1.165, 1.54) is 94.7 Å². The van der Waals surface area contributed by atoms with E-state index in [0.717, 1.165) is 11.0 Å². The summed E-state index contributed by atoms with van der Waals surface area (Å²) >= 11 is 0. The molecule has 0 saturated heterocycles. The zero-order chi connectivity index (χ0) is 20.0. The van der Waals surface area contributed by atoms with Crippen LogP contribution >= 0.6 is 0 Å². The first-order chi connectivity index (χ1) is 12.9. The number of unbranched alkanes of at least 4 members (excludes halogenated alkanes) is 11. The fraction of sp³-hybridized carbons (Fsp3) is 0.769. The molecule has 0 bridgehead atoms. The third kappa shape index (κ3) is 13.6. The van der Waals surface area contributed by atoms with E-state index < -0.39 is 0 Å². The van der Waals surface area contributed by atoms with Gasteiger partial charge in [-0.2, -0.15) is 0 Å². The van der Waals surface area contributed by atoms with Crippen molar-refractivity contribution in [1.29, 1.82) is 0 Å². The van der Waals surface area contributed by atoms with Crippen molar-refractivity contribution in [2.75, 3.05) is 20.6 Å². The van der Waals surface area contributed by atoms with Crippen molar-refractivity contribution in [3.8, 4) is 0 Å². The summed E-state index contributed by atoms with van der Waals surface area (Å²) in [4.78, 5) is 0. The third-order valence-electron chi connectivity index (χ3n) is 5.87. The first-order valence-corrected chi connectivity index (χ1v) is 11.9. The lowest BCUT2D eigenvalue weighted by Crippen LogP contribution is -3.00. The highest BCUT2D eigenvalue weighted by Gasteiger charge is 2.15. The minimum Gasteiger partial charge on any atom is -1.00 e. The molecular formula is C26H48ClN. The number of halogens is 1. The van der Waals surface area contributed by atoms with E-state index in [2.05, 4.69) is 59.1 Å². The molecule has 0 unspecified atom stereocenters. The van der Waals surface area contributed by atoms with Gasteiger partial charge in [0.15, 0.2) is 0 Å². The van der Waals surface area contributed by atoms with E-state index >= 15 is 0 Å². The molecule has 0 fully saturated rings. The van der Waals surface area contributed by atoms with Crippen molar-refractivity contribution in [2.24, 2.45) is 0 Å². The van der Waals surface area contributed by atoms with Crippen LogP contribution in [0.4, 0.5) is 0 Å². The van der Waals surface area contributed by atoms with Gasteiger partial charge in [0.2, 0.25) is 0 Å². The molecule has 0 aliphatic carbocycles. The van der Waals surface area contributed by atoms with Crippen molar-refractivity contribution in [2.45, 2.75) is 110 Å². The van der Waals surface area contributed by atoms with Gasteiger partial charge in [0.25, 0.3) is 0 Å². The van der Waals surface area contributed by atoms with E-state index in [9.17, 15) is 0 Å². The van der Waals surface area contributed by atoms with E-state index in [-0.39, 0.29) is 12.4 Å². The summed E-state index contributed by atoms with van der Waals surface area (Å²) in [7, 11) is 4.77. The molecule has 0 spiro atoms. The molecule has 1 nitrogen and oxygen atoms in total. The molecule has 0 heterocycles. The second kappa shape index (κ2) is 16.3. The highest BCUT2D eigenvalue weighted by Crippen LogP contribution is 2.18. The second-order valence-electron chi connectivity index (χ2n) is 9.60. The molecule has 0 aliphatic heterocycles. The van der Waals surface area contributed by atoms with Crippen molar-refractivity contribution < 1.29 is 16.9 Å². The van der Waals surface area contributed by atoms with Gasteiger partial charge in [0, 0.05) is 5.56 Å². The van der Waals surface area contributed by atoms with Crippen LogP contribution in [0.3, 0.4) is 0 Å². The van der Waals surface area contributed by atoms with Gasteiger partial charge >= 0.3 is 0 Å². The Morgan fingerprint density at radius 2 is 1.11 bits per heavy atom. The SMILES string of the molecule is CCCCCCCCCCCCCC[N+](C)(C)Cc1ccc(C(C)C)cc1.[Cl-]. The van der Waals surface area contributed by atoms with Crippen LogP contribution in [0.25, 0.3) is 0 Å². The molecule has 0 N–H and O–H groups in total. The summed E-state index contributed by atoms with van der Waals surface area (Å²) in [6, 6.07) is 9.28. The van der Waals surface area contributed by atoms with E-state index in [4.69, 9.17) is 0 Å². The molecular weight excluding hydrogens is 362 g/mol. The van der Waals surface area contributed by atoms with E-state index in [1.54, 1.807) is 0 Å². The largest absolute Gasteiger partial charge is 1.00 e. The monoisotopic (exact) mass is 409 g/mol. The topological polar surface area (TPSA) is 0 Å². The van der Waals surface area contributed by atoms with Crippen molar-refractivity contribution in [1.82, 2.24) is 0 Å². The molecule has 164 valence electrons. The summed E-state index contributed by atoms with van der Waals surface area (Å²) in [5, 5.41) is 0. The van der Waals surface area contributed by atoms with Gasteiger partial charge in [-0.3, -0.25) is 0 Å². The summed E-state index contributed by atoms with van der Waals surface area (Å²) < 4.78 is 1.11. The average molecular weight is 410 g/mol. The Balaban J connectivity index is 0.00000729. The van der Waals surface area contributed by atoms with Crippen molar-refractivity contribution in [3.63, 3.8) is 0 Å². The minimum atomic E-state index is 0. The number of nitrogens with zero attached hydrogens (tertiary/aromatic N) is 1. The zero-order valence-electron chi connectivity index (χ0n) is 19.6. The van der Waals surface area contributed by atoms with Crippen LogP contribution in [0, 0.1) is 0 Å². The Labute approximate surface area is 183 Å². The highest BCUT2D eigenvalue weighted by atomic mass is 35.5. The van der Waals surface area contributed by atoms with Crippen LogP contribution in [0.1, 0.15) is 115 Å². The summed E-state index contributed by atoms with van der Waals surface area (Å²) in [5.74, 6) is 0.627. The van der Waals surface area contributed by atoms with E-state index in [1.807, 2.05) is 0 Å². The summed E-state index contributed by atoms with van der Waals surface area (Å²) in [6.45, 7) is 9.27. The molecule has 0 aromatic heterocycles. The number of rotatable bonds is 16. The van der Waals surface area contributed by atoms with Gasteiger partial charge in [-0.05, 0) is 24.3 Å². The van der Waals surface area contributed by atoms with Crippen molar-refractivity contribution >= 4 is 0 Å². The minimum absolute atomic E-state index is 0.